The Hall–Kier alpha value is -3.27. The summed E-state index contributed by atoms with van der Waals surface area (Å²) < 4.78 is 40.2. The Labute approximate surface area is 289 Å². The molecule has 2 heterocycles. The van der Waals surface area contributed by atoms with Crippen molar-refractivity contribution in [1.29, 1.82) is 0 Å². The number of halogens is 1. The third-order valence-corrected chi connectivity index (χ3v) is 12.7. The second kappa shape index (κ2) is 13.9. The number of carbonyl (C=O) groups is 1. The lowest BCUT2D eigenvalue weighted by Gasteiger charge is -2.47. The van der Waals surface area contributed by atoms with Crippen molar-refractivity contribution < 1.29 is 22.7 Å². The summed E-state index contributed by atoms with van der Waals surface area (Å²) in [5.41, 5.74) is 4.76. The van der Waals surface area contributed by atoms with Crippen LogP contribution in [-0.2, 0) is 28.4 Å². The number of hydrogen-bond donors (Lipinski definition) is 2. The molecule has 0 aromatic heterocycles. The Kier molecular flexibility index (Phi) is 9.64. The maximum Gasteiger partial charge on any atom is 0.264 e. The van der Waals surface area contributed by atoms with Crippen molar-refractivity contribution in [2.24, 2.45) is 11.8 Å². The minimum Gasteiger partial charge on any atom is -0.497 e. The van der Waals surface area contributed by atoms with E-state index in [-0.39, 0.29) is 11.2 Å². The highest BCUT2D eigenvalue weighted by atomic mass is 35.5. The van der Waals surface area contributed by atoms with Gasteiger partial charge < -0.3 is 19.7 Å². The highest BCUT2D eigenvalue weighted by Crippen LogP contribution is 2.47. The number of anilines is 1. The van der Waals surface area contributed by atoms with Gasteiger partial charge in [-0.3, -0.25) is 4.79 Å². The first kappa shape index (κ1) is 33.2. The van der Waals surface area contributed by atoms with Gasteiger partial charge >= 0.3 is 0 Å². The van der Waals surface area contributed by atoms with Gasteiger partial charge in [-0.2, -0.15) is 0 Å². The van der Waals surface area contributed by atoms with Crippen LogP contribution in [0, 0.1) is 11.8 Å². The summed E-state index contributed by atoms with van der Waals surface area (Å²) in [5, 5.41) is 4.67. The van der Waals surface area contributed by atoms with Gasteiger partial charge in [0.05, 0.1) is 25.2 Å². The van der Waals surface area contributed by atoms with Gasteiger partial charge in [0.2, 0.25) is 10.0 Å². The molecule has 2 aliphatic carbocycles. The first-order valence-electron chi connectivity index (χ1n) is 17.4. The first-order valence-corrected chi connectivity index (χ1v) is 19.5. The quantitative estimate of drug-likeness (QED) is 0.317. The Balaban J connectivity index is 1.22. The van der Waals surface area contributed by atoms with Crippen molar-refractivity contribution in [3.8, 4) is 11.5 Å². The molecule has 0 radical (unpaired) electrons. The summed E-state index contributed by atoms with van der Waals surface area (Å²) in [7, 11) is -2.08. The average molecular weight is 692 g/mol. The topological polar surface area (TPSA) is 97.0 Å². The molecular formula is C38H46ClN3O5S. The van der Waals surface area contributed by atoms with E-state index >= 15 is 0 Å². The number of amides is 1. The fourth-order valence-corrected chi connectivity index (χ4v) is 9.71. The molecule has 2 bridgehead atoms. The maximum atomic E-state index is 13.3. The minimum absolute atomic E-state index is 0.0686. The summed E-state index contributed by atoms with van der Waals surface area (Å²) in [5.74, 6) is 1.89. The Bertz CT molecular complexity index is 1750. The fraction of sp³-hybridized carbons (Fsp3) is 0.500. The van der Waals surface area contributed by atoms with E-state index in [0.717, 1.165) is 93.2 Å². The second-order valence-electron chi connectivity index (χ2n) is 14.2. The number of methoxy groups -OCH3 is 1. The summed E-state index contributed by atoms with van der Waals surface area (Å²) in [6.45, 7) is 2.90. The molecule has 10 heteroatoms. The molecule has 8 nitrogen and oxygen atoms in total. The van der Waals surface area contributed by atoms with Gasteiger partial charge in [0.15, 0.2) is 0 Å². The molecule has 256 valence electrons. The number of nitrogens with one attached hydrogen (secondary N) is 2. The Morgan fingerprint density at radius 2 is 1.88 bits per heavy atom. The molecule has 1 saturated carbocycles. The van der Waals surface area contributed by atoms with Crippen molar-refractivity contribution in [2.45, 2.75) is 75.8 Å². The lowest BCUT2D eigenvalue weighted by atomic mass is 9.67. The van der Waals surface area contributed by atoms with Crippen LogP contribution in [0.1, 0.15) is 78.4 Å². The van der Waals surface area contributed by atoms with Crippen molar-refractivity contribution in [1.82, 2.24) is 10.0 Å². The van der Waals surface area contributed by atoms with E-state index in [1.54, 1.807) is 13.2 Å². The van der Waals surface area contributed by atoms with E-state index in [0.29, 0.717) is 36.5 Å². The number of ether oxygens (including phenoxy) is 2. The van der Waals surface area contributed by atoms with Crippen LogP contribution < -0.4 is 24.4 Å². The maximum absolute atomic E-state index is 13.3. The van der Waals surface area contributed by atoms with Crippen LogP contribution in [0.4, 0.5) is 5.69 Å². The molecule has 2 aliphatic heterocycles. The molecule has 3 aromatic rings. The van der Waals surface area contributed by atoms with E-state index in [9.17, 15) is 13.2 Å². The highest BCUT2D eigenvalue weighted by molar-refractivity contribution is 7.90. The summed E-state index contributed by atoms with van der Waals surface area (Å²) in [4.78, 5) is 15.8. The van der Waals surface area contributed by atoms with Gasteiger partial charge in [0.25, 0.3) is 5.91 Å². The monoisotopic (exact) mass is 691 g/mol. The van der Waals surface area contributed by atoms with Crippen molar-refractivity contribution in [3.63, 3.8) is 0 Å². The highest BCUT2D eigenvalue weighted by Gasteiger charge is 2.44. The molecule has 1 fully saturated rings. The van der Waals surface area contributed by atoms with Gasteiger partial charge in [-0.15, -0.1) is 0 Å². The molecule has 4 aliphatic rings. The largest absolute Gasteiger partial charge is 0.497 e. The fourth-order valence-electron chi connectivity index (χ4n) is 8.43. The minimum atomic E-state index is -3.76. The molecule has 0 saturated heterocycles. The number of benzene rings is 3. The zero-order valence-electron chi connectivity index (χ0n) is 27.7. The van der Waals surface area contributed by atoms with E-state index in [1.807, 2.05) is 30.3 Å². The molecule has 1 spiro atoms. The zero-order valence-corrected chi connectivity index (χ0v) is 29.3. The molecule has 48 heavy (non-hydrogen) atoms. The standard InChI is InChI=1S/C38H46ClN3O5S/c1-46-31-13-8-26(9-14-31)22-40-34-7-3-2-4-19-48(44,45)41-37(43)28-11-17-36-35(21-28)42(23-29-10-15-32(29)34)24-38(25-47-36)18-5-6-27-20-30(39)12-16-33(27)38/h8-9,11-14,16-17,20-21,29,32,34,40H,2-7,10,15,18-19,22-25H2,1H3,(H,41,43)/t29-,32+,34+,38-/m0/s1. The lowest BCUT2D eigenvalue weighted by Crippen LogP contribution is -2.51. The summed E-state index contributed by atoms with van der Waals surface area (Å²) >= 11 is 6.46. The van der Waals surface area contributed by atoms with Crippen LogP contribution in [0.5, 0.6) is 11.5 Å². The van der Waals surface area contributed by atoms with Crippen LogP contribution in [0.3, 0.4) is 0 Å². The molecule has 2 N–H and O–H groups in total. The average Bonchev–Trinajstić information content (AvgIpc) is 3.21. The second-order valence-corrected chi connectivity index (χ2v) is 16.5. The smallest absolute Gasteiger partial charge is 0.264 e. The lowest BCUT2D eigenvalue weighted by molar-refractivity contribution is 0.0981. The van der Waals surface area contributed by atoms with Gasteiger partial charge in [-0.25, -0.2) is 13.1 Å². The zero-order chi connectivity index (χ0) is 33.3. The van der Waals surface area contributed by atoms with E-state index in [4.69, 9.17) is 21.1 Å². The van der Waals surface area contributed by atoms with Crippen LogP contribution >= 0.6 is 11.6 Å². The number of sulfonamides is 1. The van der Waals surface area contributed by atoms with Gasteiger partial charge in [0.1, 0.15) is 11.5 Å². The van der Waals surface area contributed by atoms with Crippen LogP contribution in [-0.4, -0.2) is 52.9 Å². The van der Waals surface area contributed by atoms with Gasteiger partial charge in [-0.1, -0.05) is 42.6 Å². The summed E-state index contributed by atoms with van der Waals surface area (Å²) in [6, 6.07) is 20.2. The van der Waals surface area contributed by atoms with Crippen LogP contribution in [0.15, 0.2) is 60.7 Å². The molecule has 4 atom stereocenters. The van der Waals surface area contributed by atoms with E-state index in [2.05, 4.69) is 39.2 Å². The molecule has 1 amide bonds. The number of fused-ring (bicyclic) bond motifs is 4. The van der Waals surface area contributed by atoms with Crippen LogP contribution in [0.2, 0.25) is 5.02 Å². The van der Waals surface area contributed by atoms with E-state index in [1.165, 1.54) is 16.7 Å². The van der Waals surface area contributed by atoms with Gasteiger partial charge in [-0.05, 0) is 116 Å². The van der Waals surface area contributed by atoms with Crippen molar-refractivity contribution >= 4 is 33.2 Å². The predicted octanol–water partition coefficient (Wildman–Crippen LogP) is 6.64. The molecule has 3 aromatic carbocycles. The van der Waals surface area contributed by atoms with Crippen LogP contribution in [0.25, 0.3) is 0 Å². The van der Waals surface area contributed by atoms with Crippen molar-refractivity contribution in [2.75, 3.05) is 37.5 Å². The summed E-state index contributed by atoms with van der Waals surface area (Å²) in [6.07, 6.45) is 8.57. The Morgan fingerprint density at radius 1 is 1.02 bits per heavy atom. The van der Waals surface area contributed by atoms with E-state index < -0.39 is 15.9 Å². The number of carbonyl (C=O) groups excluding carboxylic acids is 1. The Morgan fingerprint density at radius 3 is 2.67 bits per heavy atom. The third kappa shape index (κ3) is 7.05. The number of rotatable bonds is 4. The molecule has 7 rings (SSSR count). The number of aryl methyl sites for hydroxylation is 1. The number of nitrogens with zero attached hydrogens (tertiary/aromatic N) is 1. The first-order chi connectivity index (χ1) is 23.2. The van der Waals surface area contributed by atoms with Gasteiger partial charge in [0, 0.05) is 41.7 Å². The SMILES string of the molecule is COc1ccc(CN[C@@H]2CCCCCS(=O)(=O)NC(=O)c3ccc4c(c3)N(C[C@@H]3CC[C@H]32)C[C@@]2(CCCc3cc(Cl)ccc32)CO4)cc1. The molecular weight excluding hydrogens is 646 g/mol. The molecule has 0 unspecified atom stereocenters. The predicted molar refractivity (Wildman–Crippen MR) is 190 cm³/mol. The third-order valence-electron chi connectivity index (χ3n) is 11.2. The normalized spacial score (nSPS) is 27.0. The van der Waals surface area contributed by atoms with Crippen molar-refractivity contribution in [3.05, 3.63) is 87.9 Å². The number of hydrogen-bond acceptors (Lipinski definition) is 7.